The van der Waals surface area contributed by atoms with Gasteiger partial charge < -0.3 is 4.42 Å². The molecule has 3 aromatic rings. The largest absolute Gasteiger partial charge is 0.428 e. The minimum atomic E-state index is -0.659. The molecular formula is C18H16N2O3. The predicted molar refractivity (Wildman–Crippen MR) is 85.6 cm³/mol. The molecule has 0 N–H and O–H groups in total. The van der Waals surface area contributed by atoms with E-state index in [4.69, 9.17) is 4.42 Å². The van der Waals surface area contributed by atoms with Crippen LogP contribution in [0.1, 0.15) is 41.1 Å². The van der Waals surface area contributed by atoms with E-state index in [0.717, 1.165) is 23.8 Å². The Morgan fingerprint density at radius 3 is 3.04 bits per heavy atom. The van der Waals surface area contributed by atoms with Gasteiger partial charge in [0, 0.05) is 12.6 Å². The molecule has 1 aromatic carbocycles. The lowest BCUT2D eigenvalue weighted by Crippen LogP contribution is -2.25. The number of aryl methyl sites for hydroxylation is 1. The van der Waals surface area contributed by atoms with E-state index in [1.54, 1.807) is 18.3 Å². The summed E-state index contributed by atoms with van der Waals surface area (Å²) in [7, 11) is 0. The lowest BCUT2D eigenvalue weighted by atomic mass is 9.81. The first-order valence-electron chi connectivity index (χ1n) is 7.81. The van der Waals surface area contributed by atoms with Crippen molar-refractivity contribution >= 4 is 17.1 Å². The van der Waals surface area contributed by atoms with Crippen molar-refractivity contribution in [2.75, 3.05) is 0 Å². The van der Waals surface area contributed by atoms with Crippen LogP contribution in [0.3, 0.4) is 0 Å². The molecule has 0 fully saturated rings. The molecule has 2 heterocycles. The van der Waals surface area contributed by atoms with Crippen molar-refractivity contribution in [3.05, 3.63) is 64.3 Å². The number of carbonyl (C=O) groups is 1. The summed E-state index contributed by atoms with van der Waals surface area (Å²) in [6, 6.07) is 11.6. The number of pyridine rings is 1. The van der Waals surface area contributed by atoms with Crippen LogP contribution in [0.15, 0.2) is 51.8 Å². The molecule has 116 valence electrons. The monoisotopic (exact) mass is 308 g/mol. The van der Waals surface area contributed by atoms with Crippen molar-refractivity contribution in [2.24, 2.45) is 0 Å². The van der Waals surface area contributed by atoms with Gasteiger partial charge in [0.2, 0.25) is 5.91 Å². The first kappa shape index (κ1) is 13.9. The Morgan fingerprint density at radius 1 is 1.26 bits per heavy atom. The lowest BCUT2D eigenvalue weighted by Gasteiger charge is -2.24. The van der Waals surface area contributed by atoms with Crippen LogP contribution in [0.5, 0.6) is 0 Å². The van der Waals surface area contributed by atoms with Crippen LogP contribution < -0.4 is 5.76 Å². The molecule has 0 spiro atoms. The van der Waals surface area contributed by atoms with Crippen molar-refractivity contribution in [3.8, 4) is 0 Å². The number of aromatic nitrogens is 2. The number of benzene rings is 1. The summed E-state index contributed by atoms with van der Waals surface area (Å²) in [6.45, 7) is 0. The zero-order chi connectivity index (χ0) is 15.8. The van der Waals surface area contributed by atoms with Crippen LogP contribution in [-0.2, 0) is 6.42 Å². The molecule has 0 radical (unpaired) electrons. The predicted octanol–water partition coefficient (Wildman–Crippen LogP) is 3.14. The summed E-state index contributed by atoms with van der Waals surface area (Å²) < 4.78 is 6.16. The van der Waals surface area contributed by atoms with Crippen LogP contribution >= 0.6 is 0 Å². The van der Waals surface area contributed by atoms with Crippen LogP contribution in [0.2, 0.25) is 0 Å². The fraction of sp³-hybridized carbons (Fsp3) is 0.278. The molecule has 1 atom stereocenters. The average molecular weight is 308 g/mol. The Balaban J connectivity index is 1.69. The second kappa shape index (κ2) is 5.50. The number of hydrogen-bond donors (Lipinski definition) is 0. The van der Waals surface area contributed by atoms with Gasteiger partial charge in [0.15, 0.2) is 11.2 Å². The topological polar surface area (TPSA) is 65.1 Å². The number of carbonyl (C=O) groups excluding carboxylic acids is 1. The van der Waals surface area contributed by atoms with Crippen molar-refractivity contribution < 1.29 is 9.21 Å². The second-order valence-corrected chi connectivity index (χ2v) is 5.91. The molecule has 0 aliphatic heterocycles. The number of oxazole rings is 1. The molecule has 0 amide bonds. The molecule has 2 aromatic heterocycles. The summed E-state index contributed by atoms with van der Waals surface area (Å²) in [4.78, 5) is 28.8. The molecule has 0 saturated heterocycles. The zero-order valence-corrected chi connectivity index (χ0v) is 12.6. The third kappa shape index (κ3) is 2.38. The van der Waals surface area contributed by atoms with Gasteiger partial charge in [-0.2, -0.15) is 4.57 Å². The minimum Gasteiger partial charge on any atom is -0.406 e. The molecule has 23 heavy (non-hydrogen) atoms. The van der Waals surface area contributed by atoms with Crippen LogP contribution in [0.25, 0.3) is 11.2 Å². The highest BCUT2D eigenvalue weighted by molar-refractivity contribution is 5.87. The van der Waals surface area contributed by atoms with Gasteiger partial charge in [-0.25, -0.2) is 9.78 Å². The van der Waals surface area contributed by atoms with Gasteiger partial charge in [-0.15, -0.1) is 0 Å². The molecule has 1 aliphatic rings. The Hall–Kier alpha value is -2.69. The highest BCUT2D eigenvalue weighted by atomic mass is 16.4. The molecular weight excluding hydrogens is 292 g/mol. The van der Waals surface area contributed by atoms with Crippen molar-refractivity contribution in [3.63, 3.8) is 0 Å². The van der Waals surface area contributed by atoms with Gasteiger partial charge in [-0.3, -0.25) is 4.79 Å². The van der Waals surface area contributed by atoms with E-state index in [9.17, 15) is 9.59 Å². The zero-order valence-electron chi connectivity index (χ0n) is 12.6. The van der Waals surface area contributed by atoms with Gasteiger partial charge in [0.1, 0.15) is 0 Å². The highest BCUT2D eigenvalue weighted by Crippen LogP contribution is 2.34. The van der Waals surface area contributed by atoms with E-state index < -0.39 is 5.76 Å². The smallest absolute Gasteiger partial charge is 0.406 e. The van der Waals surface area contributed by atoms with Crippen LogP contribution in [0.4, 0.5) is 0 Å². The maximum atomic E-state index is 12.7. The van der Waals surface area contributed by atoms with E-state index in [2.05, 4.69) is 17.1 Å². The Kier molecular flexibility index (Phi) is 3.33. The van der Waals surface area contributed by atoms with E-state index in [-0.39, 0.29) is 11.8 Å². The molecule has 5 nitrogen and oxygen atoms in total. The quantitative estimate of drug-likeness (QED) is 0.729. The molecule has 1 aliphatic carbocycles. The van der Waals surface area contributed by atoms with Crippen LogP contribution in [0, 0.1) is 0 Å². The Bertz CT molecular complexity index is 939. The summed E-state index contributed by atoms with van der Waals surface area (Å²) in [5.74, 6) is -0.769. The normalized spacial score (nSPS) is 17.1. The molecule has 4 rings (SSSR count). The lowest BCUT2D eigenvalue weighted by molar-refractivity contribution is 0.0886. The minimum absolute atomic E-state index is 0.146. The summed E-state index contributed by atoms with van der Waals surface area (Å²) in [5, 5.41) is 0. The summed E-state index contributed by atoms with van der Waals surface area (Å²) in [6.07, 6.45) is 4.92. The third-order valence-electron chi connectivity index (χ3n) is 4.51. The maximum Gasteiger partial charge on any atom is 0.428 e. The van der Waals surface area contributed by atoms with Crippen molar-refractivity contribution in [1.29, 1.82) is 0 Å². The second-order valence-electron chi connectivity index (χ2n) is 5.91. The molecule has 0 saturated carbocycles. The van der Waals surface area contributed by atoms with Gasteiger partial charge in [0.25, 0.3) is 0 Å². The standard InChI is InChI=1S/C18H16N2O3/c21-16(20-17-15(23-18(20)22)9-4-10-19-17)11-13-7-3-6-12-5-1-2-8-14(12)13/h1-2,4-5,8-10,13H,3,6-7,11H2. The maximum absolute atomic E-state index is 12.7. The van der Waals surface area contributed by atoms with E-state index in [0.29, 0.717) is 17.7 Å². The van der Waals surface area contributed by atoms with Crippen LogP contribution in [-0.4, -0.2) is 15.5 Å². The van der Waals surface area contributed by atoms with Crippen molar-refractivity contribution in [2.45, 2.75) is 31.6 Å². The van der Waals surface area contributed by atoms with Crippen molar-refractivity contribution in [1.82, 2.24) is 9.55 Å². The van der Waals surface area contributed by atoms with Gasteiger partial charge in [0.05, 0.1) is 0 Å². The molecule has 1 unspecified atom stereocenters. The third-order valence-corrected chi connectivity index (χ3v) is 4.51. The number of nitrogens with zero attached hydrogens (tertiary/aromatic N) is 2. The fourth-order valence-electron chi connectivity index (χ4n) is 3.44. The SMILES string of the molecule is O=C(CC1CCCc2ccccc21)n1c(=O)oc2cccnc21. The first-order chi connectivity index (χ1) is 11.2. The summed E-state index contributed by atoms with van der Waals surface area (Å²) >= 11 is 0. The highest BCUT2D eigenvalue weighted by Gasteiger charge is 2.25. The Morgan fingerprint density at radius 2 is 2.13 bits per heavy atom. The van der Waals surface area contributed by atoms with E-state index >= 15 is 0 Å². The fourth-order valence-corrected chi connectivity index (χ4v) is 3.44. The first-order valence-corrected chi connectivity index (χ1v) is 7.81. The van der Waals surface area contributed by atoms with Gasteiger partial charge in [-0.1, -0.05) is 24.3 Å². The van der Waals surface area contributed by atoms with Gasteiger partial charge in [-0.05, 0) is 48.4 Å². The average Bonchev–Trinajstić information content (AvgIpc) is 2.91. The van der Waals surface area contributed by atoms with E-state index in [1.165, 1.54) is 11.1 Å². The van der Waals surface area contributed by atoms with E-state index in [1.807, 2.05) is 12.1 Å². The summed E-state index contributed by atoms with van der Waals surface area (Å²) in [5.41, 5.74) is 3.17. The number of rotatable bonds is 2. The Labute approximate surface area is 132 Å². The number of fused-ring (bicyclic) bond motifs is 2. The number of hydrogen-bond acceptors (Lipinski definition) is 4. The molecule has 5 heteroatoms. The van der Waals surface area contributed by atoms with Gasteiger partial charge >= 0.3 is 5.76 Å². The molecule has 0 bridgehead atoms.